The number of hydrogen-bond acceptors (Lipinski definition) is 2. The number of benzene rings is 1. The summed E-state index contributed by atoms with van der Waals surface area (Å²) in [6, 6.07) is 7.48. The summed E-state index contributed by atoms with van der Waals surface area (Å²) in [5.74, 6) is 13.9. The number of thioether (sulfide) groups is 1. The Balaban J connectivity index is 1.70. The highest BCUT2D eigenvalue weighted by Gasteiger charge is 2.08. The van der Waals surface area contributed by atoms with Gasteiger partial charge in [-0.25, -0.2) is 0 Å². The average molecular weight is 301 g/mol. The normalized spacial score (nSPS) is 13.1. The van der Waals surface area contributed by atoms with E-state index in [1.54, 1.807) is 17.8 Å². The molecule has 0 atom stereocenters. The van der Waals surface area contributed by atoms with E-state index in [-0.39, 0.29) is 5.78 Å². The quantitative estimate of drug-likeness (QED) is 0.612. The monoisotopic (exact) mass is 300 g/mol. The summed E-state index contributed by atoms with van der Waals surface area (Å²) in [5.41, 5.74) is 1.93. The summed E-state index contributed by atoms with van der Waals surface area (Å²) in [5, 5.41) is 0.722. The van der Waals surface area contributed by atoms with Crippen molar-refractivity contribution in [2.75, 3.05) is 11.5 Å². The molecule has 0 saturated carbocycles. The molecule has 1 aliphatic rings. The standard InChI is InChI=1S/C17H13ClOS/c18-16-8-5-14(6-9-16)3-1-11-20-12-2-4-15-7-10-17(19)13-15/h5-6,8-9,13H,7,10-12H2. The first-order chi connectivity index (χ1) is 9.74. The van der Waals surface area contributed by atoms with E-state index in [4.69, 9.17) is 11.6 Å². The zero-order valence-corrected chi connectivity index (χ0v) is 12.5. The van der Waals surface area contributed by atoms with Crippen LogP contribution < -0.4 is 0 Å². The molecule has 0 bridgehead atoms. The third-order valence-corrected chi connectivity index (χ3v) is 3.60. The number of carbonyl (C=O) groups excluding carboxylic acids is 1. The molecular weight excluding hydrogens is 288 g/mol. The van der Waals surface area contributed by atoms with Crippen LogP contribution in [-0.2, 0) is 4.79 Å². The number of allylic oxidation sites excluding steroid dienone is 2. The molecule has 0 N–H and O–H groups in total. The van der Waals surface area contributed by atoms with Crippen LogP contribution in [0.3, 0.4) is 0 Å². The molecule has 0 aliphatic heterocycles. The maximum atomic E-state index is 11.0. The van der Waals surface area contributed by atoms with Crippen LogP contribution >= 0.6 is 23.4 Å². The molecule has 1 nitrogen and oxygen atoms in total. The number of rotatable bonds is 2. The number of halogens is 1. The molecule has 0 radical (unpaired) electrons. The van der Waals surface area contributed by atoms with Gasteiger partial charge in [-0.15, -0.1) is 11.8 Å². The minimum absolute atomic E-state index is 0.191. The first-order valence-electron chi connectivity index (χ1n) is 6.28. The highest BCUT2D eigenvalue weighted by Crippen LogP contribution is 2.13. The summed E-state index contributed by atoms with van der Waals surface area (Å²) >= 11 is 7.47. The summed E-state index contributed by atoms with van der Waals surface area (Å²) in [6.07, 6.45) is 3.06. The van der Waals surface area contributed by atoms with Crippen LogP contribution in [0.25, 0.3) is 0 Å². The third kappa shape index (κ3) is 5.17. The van der Waals surface area contributed by atoms with E-state index < -0.39 is 0 Å². The van der Waals surface area contributed by atoms with E-state index in [0.29, 0.717) is 6.42 Å². The van der Waals surface area contributed by atoms with Crippen molar-refractivity contribution >= 4 is 29.1 Å². The van der Waals surface area contributed by atoms with Crippen molar-refractivity contribution in [1.82, 2.24) is 0 Å². The molecule has 1 aliphatic carbocycles. The van der Waals surface area contributed by atoms with Crippen molar-refractivity contribution in [2.24, 2.45) is 0 Å². The van der Waals surface area contributed by atoms with Gasteiger partial charge in [-0.2, -0.15) is 0 Å². The lowest BCUT2D eigenvalue weighted by Gasteiger charge is -1.90. The Bertz CT molecular complexity index is 636. The number of carbonyl (C=O) groups is 1. The van der Waals surface area contributed by atoms with Crippen LogP contribution in [0.5, 0.6) is 0 Å². The van der Waals surface area contributed by atoms with E-state index >= 15 is 0 Å². The summed E-state index contributed by atoms with van der Waals surface area (Å²) in [4.78, 5) is 11.0. The van der Waals surface area contributed by atoms with Gasteiger partial charge < -0.3 is 0 Å². The minimum Gasteiger partial charge on any atom is -0.295 e. The summed E-state index contributed by atoms with van der Waals surface area (Å²) in [6.45, 7) is 0. The van der Waals surface area contributed by atoms with E-state index in [0.717, 1.165) is 34.1 Å². The Morgan fingerprint density at radius 3 is 2.40 bits per heavy atom. The summed E-state index contributed by atoms with van der Waals surface area (Å²) < 4.78 is 0. The first kappa shape index (κ1) is 14.8. The maximum Gasteiger partial charge on any atom is 0.156 e. The lowest BCUT2D eigenvalue weighted by molar-refractivity contribution is -0.114. The zero-order chi connectivity index (χ0) is 14.2. The van der Waals surface area contributed by atoms with Gasteiger partial charge in [0, 0.05) is 22.6 Å². The summed E-state index contributed by atoms with van der Waals surface area (Å²) in [7, 11) is 0. The lowest BCUT2D eigenvalue weighted by Crippen LogP contribution is -1.80. The van der Waals surface area contributed by atoms with Crippen molar-refractivity contribution in [2.45, 2.75) is 12.8 Å². The molecule has 3 heteroatoms. The van der Waals surface area contributed by atoms with Gasteiger partial charge in [0.1, 0.15) is 0 Å². The lowest BCUT2D eigenvalue weighted by atomic mass is 10.2. The van der Waals surface area contributed by atoms with Crippen molar-refractivity contribution in [3.8, 4) is 23.7 Å². The molecule has 1 aromatic rings. The maximum absolute atomic E-state index is 11.0. The van der Waals surface area contributed by atoms with E-state index in [1.807, 2.05) is 24.3 Å². The second kappa shape index (κ2) is 7.85. The Morgan fingerprint density at radius 1 is 1.05 bits per heavy atom. The van der Waals surface area contributed by atoms with Crippen molar-refractivity contribution < 1.29 is 4.79 Å². The molecule has 20 heavy (non-hydrogen) atoms. The van der Waals surface area contributed by atoms with Crippen LogP contribution in [0.4, 0.5) is 0 Å². The molecule has 0 heterocycles. The van der Waals surface area contributed by atoms with E-state index in [1.165, 1.54) is 0 Å². The van der Waals surface area contributed by atoms with Crippen LogP contribution in [0.15, 0.2) is 35.9 Å². The Labute approximate surface area is 128 Å². The highest BCUT2D eigenvalue weighted by atomic mass is 35.5. The number of ketones is 1. The molecule has 0 aromatic heterocycles. The first-order valence-corrected chi connectivity index (χ1v) is 7.82. The SMILES string of the molecule is O=C1C=C(C#CCSCC#Cc2ccc(Cl)cc2)CC1. The predicted octanol–water partition coefficient (Wildman–Crippen LogP) is 3.72. The fourth-order valence-electron chi connectivity index (χ4n) is 1.67. The van der Waals surface area contributed by atoms with Crippen LogP contribution in [0, 0.1) is 23.7 Å². The average Bonchev–Trinajstić information content (AvgIpc) is 2.85. The molecule has 2 rings (SSSR count). The van der Waals surface area contributed by atoms with Crippen LogP contribution in [0.2, 0.25) is 5.02 Å². The molecule has 1 aromatic carbocycles. The predicted molar refractivity (Wildman–Crippen MR) is 85.8 cm³/mol. The Hall–Kier alpha value is -1.61. The van der Waals surface area contributed by atoms with Crippen molar-refractivity contribution in [3.63, 3.8) is 0 Å². The largest absolute Gasteiger partial charge is 0.295 e. The number of hydrogen-bond donors (Lipinski definition) is 0. The minimum atomic E-state index is 0.191. The van der Waals surface area contributed by atoms with E-state index in [9.17, 15) is 4.79 Å². The fourth-order valence-corrected chi connectivity index (χ4v) is 2.25. The molecule has 0 unspecified atom stereocenters. The van der Waals surface area contributed by atoms with Crippen molar-refractivity contribution in [3.05, 3.63) is 46.5 Å². The van der Waals surface area contributed by atoms with E-state index in [2.05, 4.69) is 23.7 Å². The Kier molecular flexibility index (Phi) is 5.81. The second-order valence-corrected chi connectivity index (χ2v) is 5.66. The highest BCUT2D eigenvalue weighted by molar-refractivity contribution is 7.99. The molecular formula is C17H13ClOS. The second-order valence-electron chi connectivity index (χ2n) is 4.24. The Morgan fingerprint density at radius 2 is 1.75 bits per heavy atom. The van der Waals surface area contributed by atoms with Gasteiger partial charge in [0.15, 0.2) is 5.78 Å². The smallest absolute Gasteiger partial charge is 0.156 e. The van der Waals surface area contributed by atoms with Gasteiger partial charge in [0.2, 0.25) is 0 Å². The van der Waals surface area contributed by atoms with Crippen molar-refractivity contribution in [1.29, 1.82) is 0 Å². The fraction of sp³-hybridized carbons (Fsp3) is 0.235. The van der Waals surface area contributed by atoms with Gasteiger partial charge in [-0.3, -0.25) is 4.79 Å². The van der Waals surface area contributed by atoms with Gasteiger partial charge in [0.25, 0.3) is 0 Å². The topological polar surface area (TPSA) is 17.1 Å². The van der Waals surface area contributed by atoms with Gasteiger partial charge in [-0.1, -0.05) is 35.3 Å². The van der Waals surface area contributed by atoms with Gasteiger partial charge in [0.05, 0.1) is 11.5 Å². The molecule has 100 valence electrons. The molecule has 0 amide bonds. The van der Waals surface area contributed by atoms with Gasteiger partial charge >= 0.3 is 0 Å². The molecule has 0 spiro atoms. The third-order valence-electron chi connectivity index (χ3n) is 2.65. The van der Waals surface area contributed by atoms with Crippen LogP contribution in [-0.4, -0.2) is 17.3 Å². The molecule has 0 fully saturated rings. The van der Waals surface area contributed by atoms with Crippen LogP contribution in [0.1, 0.15) is 18.4 Å². The molecule has 0 saturated heterocycles. The zero-order valence-electron chi connectivity index (χ0n) is 10.9. The van der Waals surface area contributed by atoms with Gasteiger partial charge in [-0.05, 0) is 36.8 Å².